The van der Waals surface area contributed by atoms with Gasteiger partial charge in [-0.25, -0.2) is 0 Å². The number of hydrogen-bond donors (Lipinski definition) is 0. The summed E-state index contributed by atoms with van der Waals surface area (Å²) in [5.41, 5.74) is 3.45. The summed E-state index contributed by atoms with van der Waals surface area (Å²) in [4.78, 5) is 12.8. The van der Waals surface area contributed by atoms with Crippen LogP contribution in [-0.4, -0.2) is 10.9 Å². The zero-order chi connectivity index (χ0) is 16.4. The molecule has 0 fully saturated rings. The van der Waals surface area contributed by atoms with E-state index < -0.39 is 0 Å². The minimum Gasteiger partial charge on any atom is -0.461 e. The molecule has 0 bridgehead atoms. The molecular formula is C20H17NO3. The van der Waals surface area contributed by atoms with E-state index in [1.54, 1.807) is 12.1 Å². The lowest BCUT2D eigenvalue weighted by molar-refractivity contribution is 0.0974. The van der Waals surface area contributed by atoms with E-state index in [1.165, 1.54) is 6.26 Å². The Morgan fingerprint density at radius 3 is 2.38 bits per heavy atom. The topological polar surface area (TPSA) is 56.2 Å². The first-order valence-electron chi connectivity index (χ1n) is 8.16. The van der Waals surface area contributed by atoms with Crippen LogP contribution in [0.1, 0.15) is 53.3 Å². The van der Waals surface area contributed by atoms with Gasteiger partial charge in [0.15, 0.2) is 5.76 Å². The minimum atomic E-state index is -0.283. The lowest BCUT2D eigenvalue weighted by atomic mass is 9.92. The van der Waals surface area contributed by atoms with Crippen molar-refractivity contribution >= 4 is 16.9 Å². The summed E-state index contributed by atoms with van der Waals surface area (Å²) in [6, 6.07) is 3.33. The highest BCUT2D eigenvalue weighted by Crippen LogP contribution is 2.34. The van der Waals surface area contributed by atoms with Crippen LogP contribution < -0.4 is 0 Å². The Hall–Kier alpha value is -2.88. The molecule has 24 heavy (non-hydrogen) atoms. The number of hydrogen-bond acceptors (Lipinski definition) is 4. The summed E-state index contributed by atoms with van der Waals surface area (Å²) in [5, 5.41) is 4.21. The summed E-state index contributed by atoms with van der Waals surface area (Å²) in [7, 11) is 0. The number of aromatic nitrogens is 1. The lowest BCUT2D eigenvalue weighted by Crippen LogP contribution is -2.03. The Morgan fingerprint density at radius 2 is 1.75 bits per heavy atom. The van der Waals surface area contributed by atoms with Crippen molar-refractivity contribution in [2.75, 3.05) is 0 Å². The molecule has 0 saturated heterocycles. The Balaban J connectivity index is 1.85. The first-order valence-corrected chi connectivity index (χ1v) is 8.16. The molecule has 0 N–H and O–H groups in total. The number of allylic oxidation sites excluding steroid dienone is 8. The molecule has 120 valence electrons. The van der Waals surface area contributed by atoms with Gasteiger partial charge in [-0.1, -0.05) is 41.6 Å². The molecule has 2 heterocycles. The molecule has 2 aliphatic carbocycles. The average Bonchev–Trinajstić information content (AvgIpc) is 3.32. The Bertz CT molecular complexity index is 876. The minimum absolute atomic E-state index is 0.234. The number of carbonyl (C=O) groups excluding carboxylic acids is 1. The third kappa shape index (κ3) is 2.60. The van der Waals surface area contributed by atoms with Crippen LogP contribution in [0.25, 0.3) is 11.1 Å². The molecule has 0 saturated carbocycles. The van der Waals surface area contributed by atoms with Crippen molar-refractivity contribution in [2.45, 2.75) is 25.7 Å². The fourth-order valence-corrected chi connectivity index (χ4v) is 3.02. The van der Waals surface area contributed by atoms with Gasteiger partial charge in [0.05, 0.1) is 11.8 Å². The van der Waals surface area contributed by atoms with Crippen molar-refractivity contribution in [3.63, 3.8) is 0 Å². The van der Waals surface area contributed by atoms with Crippen LogP contribution in [0.5, 0.6) is 0 Å². The average molecular weight is 319 g/mol. The van der Waals surface area contributed by atoms with Crippen molar-refractivity contribution in [1.82, 2.24) is 5.16 Å². The van der Waals surface area contributed by atoms with Gasteiger partial charge in [-0.15, -0.1) is 0 Å². The van der Waals surface area contributed by atoms with E-state index in [4.69, 9.17) is 8.94 Å². The number of ketones is 1. The van der Waals surface area contributed by atoms with Crippen LogP contribution >= 0.6 is 0 Å². The maximum absolute atomic E-state index is 12.8. The summed E-state index contributed by atoms with van der Waals surface area (Å²) in [6.45, 7) is 0. The number of nitrogens with zero attached hydrogens (tertiary/aromatic N) is 1. The molecule has 2 aromatic rings. The van der Waals surface area contributed by atoms with Crippen LogP contribution in [0.3, 0.4) is 0 Å². The molecule has 0 radical (unpaired) electrons. The van der Waals surface area contributed by atoms with E-state index in [0.717, 1.165) is 48.1 Å². The molecule has 0 spiro atoms. The van der Waals surface area contributed by atoms with E-state index in [1.807, 2.05) is 12.2 Å². The largest absolute Gasteiger partial charge is 0.461 e. The molecule has 2 aromatic heterocycles. The number of furan rings is 1. The van der Waals surface area contributed by atoms with Gasteiger partial charge >= 0.3 is 0 Å². The van der Waals surface area contributed by atoms with E-state index in [9.17, 15) is 4.79 Å². The SMILES string of the molecule is O=C(c1ccco1)c1onc(C2=CCCC=C2)c1C1=CCCC=C1. The van der Waals surface area contributed by atoms with Crippen molar-refractivity contribution in [1.29, 1.82) is 0 Å². The number of rotatable bonds is 4. The predicted octanol–water partition coefficient (Wildman–Crippen LogP) is 4.97. The Morgan fingerprint density at radius 1 is 1.00 bits per heavy atom. The van der Waals surface area contributed by atoms with Crippen molar-refractivity contribution < 1.29 is 13.7 Å². The van der Waals surface area contributed by atoms with Crippen LogP contribution in [0.4, 0.5) is 0 Å². The molecule has 4 nitrogen and oxygen atoms in total. The summed E-state index contributed by atoms with van der Waals surface area (Å²) in [6.07, 6.45) is 18.0. The van der Waals surface area contributed by atoms with Crippen molar-refractivity contribution in [3.8, 4) is 0 Å². The maximum Gasteiger partial charge on any atom is 0.266 e. The van der Waals surface area contributed by atoms with E-state index >= 15 is 0 Å². The second kappa shape index (κ2) is 6.32. The first-order chi connectivity index (χ1) is 11.8. The summed E-state index contributed by atoms with van der Waals surface area (Å²) in [5.74, 6) is 0.208. The smallest absolute Gasteiger partial charge is 0.266 e. The standard InChI is InChI=1S/C20H17NO3/c22-19(16-12-7-13-23-16)20-17(14-8-3-1-4-9-14)18(21-24-20)15-10-5-2-6-11-15/h3,5,7-13H,1-2,4,6H2. The molecule has 4 rings (SSSR count). The van der Waals surface area contributed by atoms with Gasteiger partial charge in [0.2, 0.25) is 5.76 Å². The van der Waals surface area contributed by atoms with Crippen molar-refractivity contribution in [3.05, 3.63) is 77.6 Å². The second-order valence-electron chi connectivity index (χ2n) is 5.82. The van der Waals surface area contributed by atoms with Crippen LogP contribution in [-0.2, 0) is 0 Å². The van der Waals surface area contributed by atoms with E-state index in [2.05, 4.69) is 29.5 Å². The Labute approximate surface area is 139 Å². The predicted molar refractivity (Wildman–Crippen MR) is 91.3 cm³/mol. The zero-order valence-corrected chi connectivity index (χ0v) is 13.2. The van der Waals surface area contributed by atoms with Crippen LogP contribution in [0.15, 0.2) is 63.8 Å². The van der Waals surface area contributed by atoms with Gasteiger partial charge < -0.3 is 8.94 Å². The highest BCUT2D eigenvalue weighted by atomic mass is 16.5. The summed E-state index contributed by atoms with van der Waals surface area (Å²) < 4.78 is 10.7. The van der Waals surface area contributed by atoms with Gasteiger partial charge in [0.1, 0.15) is 5.69 Å². The molecule has 0 atom stereocenters. The quantitative estimate of drug-likeness (QED) is 0.747. The summed E-state index contributed by atoms with van der Waals surface area (Å²) >= 11 is 0. The zero-order valence-electron chi connectivity index (χ0n) is 13.2. The highest BCUT2D eigenvalue weighted by Gasteiger charge is 2.28. The van der Waals surface area contributed by atoms with Gasteiger partial charge in [0, 0.05) is 5.57 Å². The van der Waals surface area contributed by atoms with E-state index in [-0.39, 0.29) is 17.3 Å². The van der Waals surface area contributed by atoms with Crippen LogP contribution in [0.2, 0.25) is 0 Å². The lowest BCUT2D eigenvalue weighted by Gasteiger charge is -2.10. The highest BCUT2D eigenvalue weighted by molar-refractivity contribution is 6.09. The van der Waals surface area contributed by atoms with Gasteiger partial charge in [-0.2, -0.15) is 0 Å². The fraction of sp³-hybridized carbons (Fsp3) is 0.200. The number of carbonyl (C=O) groups is 1. The first kappa shape index (κ1) is 14.7. The molecule has 4 heteroatoms. The van der Waals surface area contributed by atoms with Gasteiger partial charge in [-0.3, -0.25) is 4.79 Å². The van der Waals surface area contributed by atoms with E-state index in [0.29, 0.717) is 0 Å². The molecule has 0 unspecified atom stereocenters. The molecule has 2 aliphatic rings. The second-order valence-corrected chi connectivity index (χ2v) is 5.82. The monoisotopic (exact) mass is 319 g/mol. The normalized spacial score (nSPS) is 16.8. The Kier molecular flexibility index (Phi) is 3.87. The van der Waals surface area contributed by atoms with Crippen molar-refractivity contribution in [2.24, 2.45) is 0 Å². The molecular weight excluding hydrogens is 302 g/mol. The van der Waals surface area contributed by atoms with Gasteiger partial charge in [-0.05, 0) is 43.4 Å². The van der Waals surface area contributed by atoms with Gasteiger partial charge in [0.25, 0.3) is 5.78 Å². The van der Waals surface area contributed by atoms with Crippen LogP contribution in [0, 0.1) is 0 Å². The third-order valence-corrected chi connectivity index (χ3v) is 4.20. The fourth-order valence-electron chi connectivity index (χ4n) is 3.02. The maximum atomic E-state index is 12.8. The third-order valence-electron chi connectivity index (χ3n) is 4.20. The molecule has 0 aromatic carbocycles. The molecule has 0 amide bonds. The molecule has 0 aliphatic heterocycles.